The van der Waals surface area contributed by atoms with E-state index in [-0.39, 0.29) is 23.7 Å². The van der Waals surface area contributed by atoms with Gasteiger partial charge in [0, 0.05) is 43.8 Å². The van der Waals surface area contributed by atoms with Crippen molar-refractivity contribution in [2.45, 2.75) is 51.7 Å². The molecule has 0 amide bonds. The highest BCUT2D eigenvalue weighted by Gasteiger charge is 2.31. The summed E-state index contributed by atoms with van der Waals surface area (Å²) in [6, 6.07) is 57.7. The molecule has 8 aromatic carbocycles. The third-order valence-electron chi connectivity index (χ3n) is 12.7. The third-order valence-corrected chi connectivity index (χ3v) is 12.7. The molecule has 0 bridgehead atoms. The lowest BCUT2D eigenvalue weighted by atomic mass is 9.93. The van der Waals surface area contributed by atoms with E-state index in [0.29, 0.717) is 22.6 Å². The van der Waals surface area contributed by atoms with Crippen molar-refractivity contribution in [3.05, 3.63) is 181 Å². The summed E-state index contributed by atoms with van der Waals surface area (Å²) >= 11 is 0. The van der Waals surface area contributed by atoms with Crippen LogP contribution in [0.2, 0.25) is 0 Å². The SMILES string of the molecule is Cc1cc(-c2ccccc2OC2CCCC[C@@H]2Oc2ccccc2-c2cc(C)cc(-n3c4ccccc4c4ccccc43)c2O)c(O)c(-n2c3ccccc3c3ccccc32)c1. The van der Waals surface area contributed by atoms with Crippen molar-refractivity contribution < 1.29 is 19.7 Å². The molecule has 2 aromatic heterocycles. The molecule has 1 fully saturated rings. The molecule has 62 heavy (non-hydrogen) atoms. The Bertz CT molecular complexity index is 3010. The molecule has 6 nitrogen and oxygen atoms in total. The first-order valence-electron chi connectivity index (χ1n) is 21.6. The lowest BCUT2D eigenvalue weighted by molar-refractivity contribution is 0.0238. The molecule has 1 unspecified atom stereocenters. The Balaban J connectivity index is 0.949. The van der Waals surface area contributed by atoms with Crippen molar-refractivity contribution in [3.63, 3.8) is 0 Å². The summed E-state index contributed by atoms with van der Waals surface area (Å²) in [5, 5.41) is 29.1. The molecule has 0 spiro atoms. The number of benzene rings is 8. The Morgan fingerprint density at radius 1 is 0.403 bits per heavy atom. The average Bonchev–Trinajstić information content (AvgIpc) is 3.82. The van der Waals surface area contributed by atoms with Gasteiger partial charge in [0.15, 0.2) is 0 Å². The molecule has 0 radical (unpaired) electrons. The Labute approximate surface area is 360 Å². The number of ether oxygens (including phenoxy) is 2. The molecule has 1 aliphatic carbocycles. The lowest BCUT2D eigenvalue weighted by Gasteiger charge is -2.33. The van der Waals surface area contributed by atoms with Crippen molar-refractivity contribution in [2.75, 3.05) is 0 Å². The van der Waals surface area contributed by atoms with Crippen LogP contribution in [0.1, 0.15) is 36.8 Å². The van der Waals surface area contributed by atoms with Crippen molar-refractivity contribution >= 4 is 43.6 Å². The fraction of sp³-hybridized carbons (Fsp3) is 0.143. The van der Waals surface area contributed by atoms with Crippen LogP contribution in [0.4, 0.5) is 0 Å². The topological polar surface area (TPSA) is 68.8 Å². The summed E-state index contributed by atoms with van der Waals surface area (Å²) in [5.74, 6) is 1.79. The number of rotatable bonds is 8. The number of aryl methyl sites for hydroxylation is 2. The summed E-state index contributed by atoms with van der Waals surface area (Å²) in [6.45, 7) is 4.15. The van der Waals surface area contributed by atoms with Crippen LogP contribution < -0.4 is 9.47 Å². The summed E-state index contributed by atoms with van der Waals surface area (Å²) in [7, 11) is 0. The van der Waals surface area contributed by atoms with Crippen molar-refractivity contribution in [2.24, 2.45) is 0 Å². The number of phenolic OH excluding ortho intramolecular Hbond substituents is 2. The van der Waals surface area contributed by atoms with E-state index in [1.807, 2.05) is 84.9 Å². The Kier molecular flexibility index (Phi) is 9.23. The van der Waals surface area contributed by atoms with Crippen LogP contribution in [-0.2, 0) is 0 Å². The van der Waals surface area contributed by atoms with Crippen molar-refractivity contribution in [1.82, 2.24) is 9.13 Å². The molecular formula is C56H46N2O4. The van der Waals surface area contributed by atoms with Gasteiger partial charge in [-0.15, -0.1) is 0 Å². The maximum atomic E-state index is 12.3. The van der Waals surface area contributed by atoms with Gasteiger partial charge in [-0.2, -0.15) is 0 Å². The maximum absolute atomic E-state index is 12.3. The van der Waals surface area contributed by atoms with E-state index in [9.17, 15) is 10.2 Å². The van der Waals surface area contributed by atoms with Gasteiger partial charge in [0.05, 0.1) is 33.4 Å². The van der Waals surface area contributed by atoms with Crippen molar-refractivity contribution in [3.8, 4) is 56.6 Å². The second-order valence-corrected chi connectivity index (χ2v) is 16.7. The maximum Gasteiger partial charge on any atom is 0.147 e. The second-order valence-electron chi connectivity index (χ2n) is 16.7. The van der Waals surface area contributed by atoms with E-state index in [0.717, 1.165) is 103 Å². The molecule has 6 heteroatoms. The zero-order valence-corrected chi connectivity index (χ0v) is 34.8. The molecule has 2 N–H and O–H groups in total. The van der Waals surface area contributed by atoms with Crippen LogP contribution in [0.5, 0.6) is 23.0 Å². The fourth-order valence-corrected chi connectivity index (χ4v) is 9.88. The zero-order chi connectivity index (χ0) is 41.9. The largest absolute Gasteiger partial charge is 0.505 e. The van der Waals surface area contributed by atoms with Gasteiger partial charge in [-0.25, -0.2) is 0 Å². The lowest BCUT2D eigenvalue weighted by Crippen LogP contribution is -2.39. The smallest absolute Gasteiger partial charge is 0.147 e. The molecule has 1 saturated carbocycles. The first-order valence-corrected chi connectivity index (χ1v) is 21.6. The van der Waals surface area contributed by atoms with Crippen LogP contribution in [0.3, 0.4) is 0 Å². The van der Waals surface area contributed by atoms with E-state index in [2.05, 4.69) is 108 Å². The number of aromatic hydroxyl groups is 2. The van der Waals surface area contributed by atoms with E-state index < -0.39 is 0 Å². The minimum absolute atomic E-state index is 0.196. The molecule has 304 valence electrons. The first-order chi connectivity index (χ1) is 30.4. The molecule has 11 rings (SSSR count). The predicted octanol–water partition coefficient (Wildman–Crippen LogP) is 14.0. The zero-order valence-electron chi connectivity index (χ0n) is 34.8. The van der Waals surface area contributed by atoms with Crippen LogP contribution in [-0.4, -0.2) is 31.6 Å². The average molecular weight is 811 g/mol. The fourth-order valence-electron chi connectivity index (χ4n) is 9.88. The summed E-state index contributed by atoms with van der Waals surface area (Å²) in [5.41, 5.74) is 10.7. The molecule has 0 saturated heterocycles. The molecule has 0 aliphatic heterocycles. The summed E-state index contributed by atoms with van der Waals surface area (Å²) in [6.07, 6.45) is 3.18. The van der Waals surface area contributed by atoms with Gasteiger partial charge in [0.2, 0.25) is 0 Å². The highest BCUT2D eigenvalue weighted by atomic mass is 16.5. The Hall–Kier alpha value is -7.44. The van der Waals surface area contributed by atoms with E-state index >= 15 is 0 Å². The Morgan fingerprint density at radius 3 is 1.10 bits per heavy atom. The van der Waals surface area contributed by atoms with Gasteiger partial charge in [0.1, 0.15) is 35.2 Å². The summed E-state index contributed by atoms with van der Waals surface area (Å²) in [4.78, 5) is 0. The van der Waals surface area contributed by atoms with Gasteiger partial charge in [-0.1, -0.05) is 109 Å². The number of nitrogens with zero attached hydrogens (tertiary/aromatic N) is 2. The van der Waals surface area contributed by atoms with Gasteiger partial charge >= 0.3 is 0 Å². The first kappa shape index (κ1) is 37.6. The number of hydrogen-bond donors (Lipinski definition) is 2. The molecule has 2 heterocycles. The highest BCUT2D eigenvalue weighted by molar-refractivity contribution is 6.10. The molecule has 2 atom stereocenters. The van der Waals surface area contributed by atoms with Crippen molar-refractivity contribution in [1.29, 1.82) is 0 Å². The number of hydrogen-bond acceptors (Lipinski definition) is 4. The van der Waals surface area contributed by atoms with Crippen LogP contribution in [0.15, 0.2) is 170 Å². The van der Waals surface area contributed by atoms with E-state index in [1.54, 1.807) is 0 Å². The molecule has 1 aliphatic rings. The highest BCUT2D eigenvalue weighted by Crippen LogP contribution is 2.46. The van der Waals surface area contributed by atoms with Crippen LogP contribution >= 0.6 is 0 Å². The second kappa shape index (κ2) is 15.2. The minimum Gasteiger partial charge on any atom is -0.505 e. The number of fused-ring (bicyclic) bond motifs is 6. The van der Waals surface area contributed by atoms with E-state index in [4.69, 9.17) is 9.47 Å². The quantitative estimate of drug-likeness (QED) is 0.160. The molecular weight excluding hydrogens is 765 g/mol. The standard InChI is InChI=1S/C56H46N2O4/c1-35-31-43(55(59)49(33-35)57-45-23-9-3-17-37(45)38-18-4-10-24-46(38)57)41-21-7-13-27-51(41)61-53-29-15-16-30-54(53)62-52-28-14-8-22-42(52)44-32-36(2)34-50(56(44)60)58-47-25-11-5-19-39(47)40-20-6-12-26-48(40)58/h3-14,17-28,31-34,53-54,59-60H,15-16,29-30H2,1-2H3/t53-,54?/m0/s1. The van der Waals surface area contributed by atoms with Crippen LogP contribution in [0, 0.1) is 13.8 Å². The van der Waals surface area contributed by atoms with Gasteiger partial charge < -0.3 is 28.8 Å². The third kappa shape index (κ3) is 6.25. The normalized spacial score (nSPS) is 15.5. The van der Waals surface area contributed by atoms with Gasteiger partial charge in [-0.3, -0.25) is 0 Å². The molecule has 10 aromatic rings. The van der Waals surface area contributed by atoms with Crippen LogP contribution in [0.25, 0.3) is 77.2 Å². The minimum atomic E-state index is -0.249. The predicted molar refractivity (Wildman–Crippen MR) is 253 cm³/mol. The number of para-hydroxylation sites is 6. The van der Waals surface area contributed by atoms with Gasteiger partial charge in [-0.05, 0) is 111 Å². The Morgan fingerprint density at radius 2 is 0.726 bits per heavy atom. The number of phenols is 2. The summed E-state index contributed by atoms with van der Waals surface area (Å²) < 4.78 is 18.4. The monoisotopic (exact) mass is 810 g/mol. The number of aromatic nitrogens is 2. The van der Waals surface area contributed by atoms with Gasteiger partial charge in [0.25, 0.3) is 0 Å². The van der Waals surface area contributed by atoms with E-state index in [1.165, 1.54) is 0 Å².